The van der Waals surface area contributed by atoms with Gasteiger partial charge in [-0.25, -0.2) is 5.90 Å². The highest BCUT2D eigenvalue weighted by Crippen LogP contribution is 2.36. The first-order valence-electron chi connectivity index (χ1n) is 4.26. The smallest absolute Gasteiger partial charge is 0.416 e. The molecule has 1 aromatic rings. The van der Waals surface area contributed by atoms with E-state index in [1.165, 1.54) is 0 Å². The summed E-state index contributed by atoms with van der Waals surface area (Å²) < 4.78 is 37.2. The van der Waals surface area contributed by atoms with Crippen molar-refractivity contribution in [3.8, 4) is 5.75 Å². The molecule has 3 N–H and O–H groups in total. The molecule has 0 aromatic heterocycles. The molecule has 1 rings (SSSR count). The Morgan fingerprint density at radius 2 is 2.00 bits per heavy atom. The molecule has 0 saturated carbocycles. The first kappa shape index (κ1) is 13.1. The molecule has 0 radical (unpaired) electrons. The third-order valence-corrected chi connectivity index (χ3v) is 2.25. The third-order valence-electron chi connectivity index (χ3n) is 1.96. The molecule has 0 spiro atoms. The number of rotatable bonds is 3. The fraction of sp³-hybridized carbons (Fsp3) is 0.333. The second-order valence-corrected chi connectivity index (χ2v) is 3.49. The van der Waals surface area contributed by atoms with E-state index in [0.717, 1.165) is 6.07 Å². The Labute approximate surface area is 94.5 Å². The van der Waals surface area contributed by atoms with E-state index in [0.29, 0.717) is 6.07 Å². The van der Waals surface area contributed by atoms with Gasteiger partial charge in [-0.3, -0.25) is 0 Å². The first-order chi connectivity index (χ1) is 7.36. The van der Waals surface area contributed by atoms with Gasteiger partial charge in [0.25, 0.3) is 0 Å². The number of hydrogen-bond donors (Lipinski definition) is 2. The van der Waals surface area contributed by atoms with Crippen LogP contribution < -0.4 is 5.90 Å². The van der Waals surface area contributed by atoms with Gasteiger partial charge in [0.2, 0.25) is 0 Å². The van der Waals surface area contributed by atoms with E-state index in [2.05, 4.69) is 4.84 Å². The first-order valence-corrected chi connectivity index (χ1v) is 4.64. The lowest BCUT2D eigenvalue weighted by Gasteiger charge is -2.11. The van der Waals surface area contributed by atoms with Gasteiger partial charge in [0.1, 0.15) is 5.75 Å². The van der Waals surface area contributed by atoms with Crippen molar-refractivity contribution in [2.75, 3.05) is 6.61 Å². The molecule has 16 heavy (non-hydrogen) atoms. The molecular weight excluding hydrogens is 247 g/mol. The molecule has 90 valence electrons. The summed E-state index contributed by atoms with van der Waals surface area (Å²) in [6, 6.07) is 1.49. The molecule has 3 nitrogen and oxygen atoms in total. The van der Waals surface area contributed by atoms with Gasteiger partial charge in [0, 0.05) is 6.42 Å². The lowest BCUT2D eigenvalue weighted by Crippen LogP contribution is -2.08. The molecule has 0 fully saturated rings. The van der Waals surface area contributed by atoms with Gasteiger partial charge in [-0.2, -0.15) is 13.2 Å². The van der Waals surface area contributed by atoms with Crippen LogP contribution in [0.15, 0.2) is 12.1 Å². The largest absolute Gasteiger partial charge is 0.506 e. The van der Waals surface area contributed by atoms with Crippen LogP contribution in [-0.4, -0.2) is 11.7 Å². The Morgan fingerprint density at radius 3 is 2.50 bits per heavy atom. The fourth-order valence-corrected chi connectivity index (χ4v) is 1.42. The lowest BCUT2D eigenvalue weighted by molar-refractivity contribution is -0.137. The van der Waals surface area contributed by atoms with E-state index >= 15 is 0 Å². The number of hydrogen-bond acceptors (Lipinski definition) is 3. The number of alkyl halides is 3. The van der Waals surface area contributed by atoms with E-state index in [1.54, 1.807) is 0 Å². The quantitative estimate of drug-likeness (QED) is 0.816. The third kappa shape index (κ3) is 3.01. The minimum Gasteiger partial charge on any atom is -0.506 e. The Hall–Kier alpha value is -0.980. The number of benzene rings is 1. The van der Waals surface area contributed by atoms with Gasteiger partial charge >= 0.3 is 6.18 Å². The number of nitrogens with two attached hydrogens (primary N) is 1. The van der Waals surface area contributed by atoms with Crippen molar-refractivity contribution in [2.45, 2.75) is 12.6 Å². The van der Waals surface area contributed by atoms with Crippen molar-refractivity contribution >= 4 is 11.6 Å². The van der Waals surface area contributed by atoms with Gasteiger partial charge in [0.05, 0.1) is 17.2 Å². The molecule has 0 unspecified atom stereocenters. The Kier molecular flexibility index (Phi) is 4.01. The predicted octanol–water partition coefficient (Wildman–Crippen LogP) is 2.50. The summed E-state index contributed by atoms with van der Waals surface area (Å²) in [5.74, 6) is 4.37. The Bertz CT molecular complexity index is 382. The summed E-state index contributed by atoms with van der Waals surface area (Å²) in [6.07, 6.45) is -4.46. The minimum atomic E-state index is -4.50. The predicted molar refractivity (Wildman–Crippen MR) is 52.0 cm³/mol. The van der Waals surface area contributed by atoms with Gasteiger partial charge in [-0.15, -0.1) is 0 Å². The lowest BCUT2D eigenvalue weighted by atomic mass is 10.1. The normalized spacial score (nSPS) is 11.8. The zero-order chi connectivity index (χ0) is 12.3. The van der Waals surface area contributed by atoms with Gasteiger partial charge in [-0.05, 0) is 17.7 Å². The summed E-state index contributed by atoms with van der Waals surface area (Å²) in [5, 5.41) is 9.07. The second-order valence-electron chi connectivity index (χ2n) is 3.08. The molecule has 0 heterocycles. The highest BCUT2D eigenvalue weighted by molar-refractivity contribution is 6.32. The van der Waals surface area contributed by atoms with Crippen LogP contribution >= 0.6 is 11.6 Å². The van der Waals surface area contributed by atoms with Crippen molar-refractivity contribution in [1.82, 2.24) is 0 Å². The summed E-state index contributed by atoms with van der Waals surface area (Å²) in [7, 11) is 0. The summed E-state index contributed by atoms with van der Waals surface area (Å²) >= 11 is 5.48. The average Bonchev–Trinajstić information content (AvgIpc) is 2.18. The van der Waals surface area contributed by atoms with Crippen LogP contribution in [0.3, 0.4) is 0 Å². The van der Waals surface area contributed by atoms with E-state index in [1.807, 2.05) is 0 Å². The molecule has 7 heteroatoms. The number of aromatic hydroxyl groups is 1. The monoisotopic (exact) mass is 255 g/mol. The maximum absolute atomic E-state index is 12.4. The molecule has 0 aliphatic heterocycles. The Balaban J connectivity index is 3.12. The van der Waals surface area contributed by atoms with Crippen LogP contribution in [-0.2, 0) is 17.4 Å². The molecule has 0 aliphatic carbocycles. The zero-order valence-corrected chi connectivity index (χ0v) is 8.77. The van der Waals surface area contributed by atoms with Crippen molar-refractivity contribution in [3.63, 3.8) is 0 Å². The minimum absolute atomic E-state index is 0.00873. The molecule has 0 atom stereocenters. The summed E-state index contributed by atoms with van der Waals surface area (Å²) in [5.41, 5.74) is -0.868. The van der Waals surface area contributed by atoms with Crippen LogP contribution in [0, 0.1) is 0 Å². The highest BCUT2D eigenvalue weighted by Gasteiger charge is 2.32. The van der Waals surface area contributed by atoms with Crippen molar-refractivity contribution < 1.29 is 23.1 Å². The van der Waals surface area contributed by atoms with E-state index < -0.39 is 11.7 Å². The van der Waals surface area contributed by atoms with Crippen LogP contribution in [0.25, 0.3) is 0 Å². The van der Waals surface area contributed by atoms with Crippen LogP contribution in [0.4, 0.5) is 13.2 Å². The van der Waals surface area contributed by atoms with Crippen LogP contribution in [0.2, 0.25) is 5.02 Å². The number of halogens is 4. The maximum atomic E-state index is 12.4. The number of phenols is 1. The Morgan fingerprint density at radius 1 is 1.38 bits per heavy atom. The van der Waals surface area contributed by atoms with E-state index in [9.17, 15) is 18.3 Å². The highest BCUT2D eigenvalue weighted by atomic mass is 35.5. The SMILES string of the molecule is NOCCc1cc(C(F)(F)F)cc(Cl)c1O. The molecule has 1 aromatic carbocycles. The molecular formula is C9H9ClF3NO2. The van der Waals surface area contributed by atoms with Gasteiger partial charge in [-0.1, -0.05) is 11.6 Å². The van der Waals surface area contributed by atoms with Crippen molar-refractivity contribution in [3.05, 3.63) is 28.3 Å². The van der Waals surface area contributed by atoms with E-state index in [-0.39, 0.29) is 29.4 Å². The van der Waals surface area contributed by atoms with Gasteiger partial charge in [0.15, 0.2) is 0 Å². The summed E-state index contributed by atoms with van der Waals surface area (Å²) in [6.45, 7) is -0.00873. The fourth-order valence-electron chi connectivity index (χ4n) is 1.18. The van der Waals surface area contributed by atoms with Gasteiger partial charge < -0.3 is 9.94 Å². The molecule has 0 bridgehead atoms. The second kappa shape index (κ2) is 4.90. The average molecular weight is 256 g/mol. The zero-order valence-electron chi connectivity index (χ0n) is 8.01. The molecule has 0 aliphatic rings. The molecule has 0 amide bonds. The standard InChI is InChI=1S/C9H9ClF3NO2/c10-7-4-6(9(11,12)13)3-5(8(7)15)1-2-16-14/h3-4,15H,1-2,14H2. The number of phenolic OH excluding ortho intramolecular Hbond substituents is 1. The maximum Gasteiger partial charge on any atom is 0.416 e. The van der Waals surface area contributed by atoms with Crippen LogP contribution in [0.5, 0.6) is 5.75 Å². The van der Waals surface area contributed by atoms with Crippen molar-refractivity contribution in [2.24, 2.45) is 5.90 Å². The topological polar surface area (TPSA) is 55.5 Å². The van der Waals surface area contributed by atoms with Crippen molar-refractivity contribution in [1.29, 1.82) is 0 Å². The molecule has 0 saturated heterocycles. The summed E-state index contributed by atoms with van der Waals surface area (Å²) in [4.78, 5) is 4.23. The van der Waals surface area contributed by atoms with Crippen LogP contribution in [0.1, 0.15) is 11.1 Å². The van der Waals surface area contributed by atoms with E-state index in [4.69, 9.17) is 17.5 Å².